The average Bonchev–Trinajstić information content (AvgIpc) is 2.74. The zero-order valence-corrected chi connectivity index (χ0v) is 17.4. The van der Waals surface area contributed by atoms with Crippen LogP contribution in [0.5, 0.6) is 5.75 Å². The summed E-state index contributed by atoms with van der Waals surface area (Å²) < 4.78 is 18.8. The van der Waals surface area contributed by atoms with Crippen LogP contribution < -0.4 is 4.74 Å². The summed E-state index contributed by atoms with van der Waals surface area (Å²) in [5.41, 5.74) is 1.98. The molecule has 0 amide bonds. The summed E-state index contributed by atoms with van der Waals surface area (Å²) in [7, 11) is 0. The van der Waals surface area contributed by atoms with E-state index in [2.05, 4.69) is 5.16 Å². The maximum absolute atomic E-state index is 13.0. The molecule has 0 saturated carbocycles. The molecular formula is C23H18Cl2FNO3. The van der Waals surface area contributed by atoms with E-state index in [0.717, 1.165) is 11.1 Å². The lowest BCUT2D eigenvalue weighted by molar-refractivity contribution is 0.0992. The van der Waals surface area contributed by atoms with Crippen molar-refractivity contribution < 1.29 is 18.8 Å². The minimum absolute atomic E-state index is 0.0469. The number of halogens is 3. The number of ketones is 1. The highest BCUT2D eigenvalue weighted by atomic mass is 35.5. The zero-order chi connectivity index (χ0) is 21.3. The summed E-state index contributed by atoms with van der Waals surface area (Å²) in [5.74, 6) is -0.0233. The minimum Gasteiger partial charge on any atom is -0.488 e. The summed E-state index contributed by atoms with van der Waals surface area (Å²) in [6.45, 7) is 0.391. The number of benzene rings is 3. The van der Waals surface area contributed by atoms with Gasteiger partial charge in [-0.25, -0.2) is 4.39 Å². The fourth-order valence-electron chi connectivity index (χ4n) is 2.59. The van der Waals surface area contributed by atoms with Crippen LogP contribution in [0, 0.1) is 5.82 Å². The maximum Gasteiger partial charge on any atom is 0.172 e. The fourth-order valence-corrected chi connectivity index (χ4v) is 3.06. The summed E-state index contributed by atoms with van der Waals surface area (Å²) in [4.78, 5) is 17.7. The van der Waals surface area contributed by atoms with Crippen molar-refractivity contribution in [2.45, 2.75) is 19.6 Å². The molecule has 0 aliphatic carbocycles. The molecule has 7 heteroatoms. The first kappa shape index (κ1) is 21.8. The van der Waals surface area contributed by atoms with Crippen LogP contribution in [0.15, 0.2) is 71.9 Å². The van der Waals surface area contributed by atoms with E-state index in [1.54, 1.807) is 54.6 Å². The van der Waals surface area contributed by atoms with Crippen molar-refractivity contribution in [3.05, 3.63) is 99.3 Å². The quantitative estimate of drug-likeness (QED) is 0.215. The summed E-state index contributed by atoms with van der Waals surface area (Å²) in [6, 6.07) is 18.0. The lowest BCUT2D eigenvalue weighted by Crippen LogP contribution is -2.05. The van der Waals surface area contributed by atoms with Gasteiger partial charge in [-0.05, 0) is 42.0 Å². The van der Waals surface area contributed by atoms with E-state index in [1.807, 2.05) is 0 Å². The number of ether oxygens (including phenoxy) is 1. The SMILES string of the molecule is O=C(CC=NOCc1ccc(Cl)cc1Cl)c1ccccc1OCc1ccc(F)cc1. The molecule has 0 heterocycles. The van der Waals surface area contributed by atoms with Crippen LogP contribution in [0.25, 0.3) is 0 Å². The van der Waals surface area contributed by atoms with E-state index in [-0.39, 0.29) is 31.2 Å². The Morgan fingerprint density at radius 2 is 1.77 bits per heavy atom. The van der Waals surface area contributed by atoms with Gasteiger partial charge in [0.05, 0.1) is 11.8 Å². The van der Waals surface area contributed by atoms with E-state index in [4.69, 9.17) is 32.8 Å². The van der Waals surface area contributed by atoms with Crippen LogP contribution in [0.4, 0.5) is 4.39 Å². The summed E-state index contributed by atoms with van der Waals surface area (Å²) >= 11 is 11.9. The molecule has 0 fully saturated rings. The molecule has 0 unspecified atom stereocenters. The second-order valence-corrected chi connectivity index (χ2v) is 7.18. The predicted molar refractivity (Wildman–Crippen MR) is 116 cm³/mol. The highest BCUT2D eigenvalue weighted by Crippen LogP contribution is 2.22. The second-order valence-electron chi connectivity index (χ2n) is 6.34. The second kappa shape index (κ2) is 10.8. The fraction of sp³-hybridized carbons (Fsp3) is 0.130. The van der Waals surface area contributed by atoms with Gasteiger partial charge in [0.1, 0.15) is 24.8 Å². The minimum atomic E-state index is -0.311. The Labute approximate surface area is 183 Å². The van der Waals surface area contributed by atoms with Gasteiger partial charge in [-0.2, -0.15) is 0 Å². The predicted octanol–water partition coefficient (Wildman–Crippen LogP) is 6.49. The van der Waals surface area contributed by atoms with Crippen LogP contribution in [0.1, 0.15) is 27.9 Å². The van der Waals surface area contributed by atoms with Gasteiger partial charge < -0.3 is 9.57 Å². The highest BCUT2D eigenvalue weighted by Gasteiger charge is 2.11. The molecule has 0 saturated heterocycles. The number of carbonyl (C=O) groups is 1. The van der Waals surface area contributed by atoms with Gasteiger partial charge in [0.15, 0.2) is 5.78 Å². The first-order valence-electron chi connectivity index (χ1n) is 9.10. The van der Waals surface area contributed by atoms with Gasteiger partial charge in [0.25, 0.3) is 0 Å². The van der Waals surface area contributed by atoms with Gasteiger partial charge in [0, 0.05) is 22.0 Å². The molecule has 30 heavy (non-hydrogen) atoms. The number of para-hydroxylation sites is 1. The summed E-state index contributed by atoms with van der Waals surface area (Å²) in [6.07, 6.45) is 1.44. The third-order valence-electron chi connectivity index (χ3n) is 4.16. The third-order valence-corrected chi connectivity index (χ3v) is 4.74. The topological polar surface area (TPSA) is 47.9 Å². The van der Waals surface area contributed by atoms with E-state index in [0.29, 0.717) is 21.4 Å². The normalized spacial score (nSPS) is 10.9. The Morgan fingerprint density at radius 3 is 2.53 bits per heavy atom. The molecule has 154 valence electrons. The van der Waals surface area contributed by atoms with Gasteiger partial charge in [-0.15, -0.1) is 0 Å². The van der Waals surface area contributed by atoms with Crippen molar-refractivity contribution in [1.82, 2.24) is 0 Å². The van der Waals surface area contributed by atoms with Gasteiger partial charge >= 0.3 is 0 Å². The number of nitrogens with zero attached hydrogens (tertiary/aromatic N) is 1. The third kappa shape index (κ3) is 6.31. The van der Waals surface area contributed by atoms with E-state index in [9.17, 15) is 9.18 Å². The molecule has 0 aliphatic rings. The molecule has 3 aromatic carbocycles. The Hall–Kier alpha value is -2.89. The number of hydrogen-bond acceptors (Lipinski definition) is 4. The van der Waals surface area contributed by atoms with Crippen molar-refractivity contribution in [1.29, 1.82) is 0 Å². The Balaban J connectivity index is 1.53. The molecule has 3 aromatic rings. The molecular weight excluding hydrogens is 428 g/mol. The van der Waals surface area contributed by atoms with Crippen LogP contribution in [-0.4, -0.2) is 12.0 Å². The van der Waals surface area contributed by atoms with E-state index < -0.39 is 0 Å². The number of rotatable bonds is 9. The monoisotopic (exact) mass is 445 g/mol. The zero-order valence-electron chi connectivity index (χ0n) is 15.9. The Morgan fingerprint density at radius 1 is 1.00 bits per heavy atom. The molecule has 0 aromatic heterocycles. The molecule has 4 nitrogen and oxygen atoms in total. The lowest BCUT2D eigenvalue weighted by atomic mass is 10.1. The van der Waals surface area contributed by atoms with Crippen LogP contribution >= 0.6 is 23.2 Å². The summed E-state index contributed by atoms with van der Waals surface area (Å²) in [5, 5.41) is 4.84. The largest absolute Gasteiger partial charge is 0.488 e. The van der Waals surface area contributed by atoms with Gasteiger partial charge in [-0.3, -0.25) is 4.79 Å². The van der Waals surface area contributed by atoms with Crippen molar-refractivity contribution in [3.63, 3.8) is 0 Å². The molecule has 0 aliphatic heterocycles. The molecule has 0 bridgehead atoms. The van der Waals surface area contributed by atoms with Crippen LogP contribution in [0.3, 0.4) is 0 Å². The van der Waals surface area contributed by atoms with Gasteiger partial charge in [-0.1, -0.05) is 58.7 Å². The average molecular weight is 446 g/mol. The number of Topliss-reactive ketones (excluding diaryl/α,β-unsaturated/α-hetero) is 1. The molecule has 0 radical (unpaired) electrons. The number of oxime groups is 1. The standard InChI is InChI=1S/C23H18Cl2FNO3/c24-18-8-7-17(21(25)13-18)15-30-27-12-11-22(28)20-3-1-2-4-23(20)29-14-16-5-9-19(26)10-6-16/h1-10,12-13H,11,14-15H2. The van der Waals surface area contributed by atoms with Crippen molar-refractivity contribution >= 4 is 35.2 Å². The Bertz CT molecular complexity index is 1040. The smallest absolute Gasteiger partial charge is 0.172 e. The van der Waals surface area contributed by atoms with Crippen LogP contribution in [0.2, 0.25) is 10.0 Å². The molecule has 0 N–H and O–H groups in total. The lowest BCUT2D eigenvalue weighted by Gasteiger charge is -2.10. The van der Waals surface area contributed by atoms with Gasteiger partial charge in [0.2, 0.25) is 0 Å². The maximum atomic E-state index is 13.0. The van der Waals surface area contributed by atoms with Crippen molar-refractivity contribution in [2.24, 2.45) is 5.16 Å². The first-order chi connectivity index (χ1) is 14.5. The number of carbonyl (C=O) groups excluding carboxylic acids is 1. The first-order valence-corrected chi connectivity index (χ1v) is 9.85. The van der Waals surface area contributed by atoms with E-state index >= 15 is 0 Å². The number of hydrogen-bond donors (Lipinski definition) is 0. The van der Waals surface area contributed by atoms with Crippen LogP contribution in [-0.2, 0) is 18.1 Å². The van der Waals surface area contributed by atoms with E-state index in [1.165, 1.54) is 18.3 Å². The van der Waals surface area contributed by atoms with Crippen molar-refractivity contribution in [3.8, 4) is 5.75 Å². The van der Waals surface area contributed by atoms with Crippen molar-refractivity contribution in [2.75, 3.05) is 0 Å². The molecule has 0 spiro atoms. The Kier molecular flexibility index (Phi) is 7.82. The highest BCUT2D eigenvalue weighted by molar-refractivity contribution is 6.35. The molecule has 0 atom stereocenters. The molecule has 3 rings (SSSR count).